The van der Waals surface area contributed by atoms with E-state index in [9.17, 15) is 13.6 Å². The van der Waals surface area contributed by atoms with Crippen LogP contribution in [0.15, 0.2) is 6.20 Å². The van der Waals surface area contributed by atoms with Crippen LogP contribution >= 0.6 is 22.7 Å². The highest BCUT2D eigenvalue weighted by Gasteiger charge is 2.26. The molecule has 1 amide bonds. The number of aryl methyl sites for hydroxylation is 1. The number of halogens is 2. The molecule has 6 nitrogen and oxygen atoms in total. The number of rotatable bonds is 9. The van der Waals surface area contributed by atoms with Gasteiger partial charge in [0.25, 0.3) is 11.1 Å². The Kier molecular flexibility index (Phi) is 8.52. The van der Waals surface area contributed by atoms with Gasteiger partial charge < -0.3 is 15.0 Å². The van der Waals surface area contributed by atoms with Gasteiger partial charge >= 0.3 is 0 Å². The normalized spacial score (nSPS) is 21.6. The predicted molar refractivity (Wildman–Crippen MR) is 131 cm³/mol. The maximum Gasteiger partial charge on any atom is 0.278 e. The third kappa shape index (κ3) is 7.68. The zero-order valence-electron chi connectivity index (χ0n) is 19.9. The van der Waals surface area contributed by atoms with Crippen LogP contribution in [0.2, 0.25) is 0 Å². The maximum atomic E-state index is 13.0. The highest BCUT2D eigenvalue weighted by Crippen LogP contribution is 2.30. The van der Waals surface area contributed by atoms with Crippen LogP contribution in [0.4, 0.5) is 8.78 Å². The molecule has 3 heterocycles. The number of aromatic nitrogens is 2. The molecule has 0 aromatic carbocycles. The Hall–Kier alpha value is -1.65. The molecule has 1 saturated carbocycles. The van der Waals surface area contributed by atoms with Crippen LogP contribution in [-0.4, -0.2) is 59.0 Å². The second kappa shape index (κ2) is 11.4. The van der Waals surface area contributed by atoms with Crippen molar-refractivity contribution in [1.82, 2.24) is 20.2 Å². The van der Waals surface area contributed by atoms with E-state index in [1.165, 1.54) is 22.6 Å². The molecule has 34 heavy (non-hydrogen) atoms. The Labute approximate surface area is 208 Å². The van der Waals surface area contributed by atoms with Crippen molar-refractivity contribution in [2.24, 2.45) is 5.92 Å². The van der Waals surface area contributed by atoms with Gasteiger partial charge in [-0.15, -0.1) is 11.3 Å². The van der Waals surface area contributed by atoms with E-state index in [2.05, 4.69) is 20.2 Å². The van der Waals surface area contributed by atoms with Crippen molar-refractivity contribution in [2.45, 2.75) is 77.2 Å². The molecular weight excluding hydrogens is 478 g/mol. The van der Waals surface area contributed by atoms with Gasteiger partial charge in [0.2, 0.25) is 5.91 Å². The van der Waals surface area contributed by atoms with Crippen molar-refractivity contribution >= 4 is 28.6 Å². The molecule has 0 atom stereocenters. The standard InChI is InChI=1S/C24H34F2N4O2S2/c1-16-27-14-19(33-16)13-22(31)28-18-5-3-17(4-6-18)7-10-30-11-8-20-21(9-12-30)34-23(29-20)32-15-24(2,25)26/h14,17-18H,3-13,15H2,1-2H3,(H,28,31). The minimum Gasteiger partial charge on any atom is -0.464 e. The second-order valence-electron chi connectivity index (χ2n) is 9.65. The molecule has 0 saturated heterocycles. The Bertz CT molecular complexity index is 926. The zero-order valence-corrected chi connectivity index (χ0v) is 21.6. The van der Waals surface area contributed by atoms with Crippen molar-refractivity contribution in [3.63, 3.8) is 0 Å². The number of ether oxygens (including phenoxy) is 1. The summed E-state index contributed by atoms with van der Waals surface area (Å²) < 4.78 is 31.3. The molecule has 1 aliphatic heterocycles. The fourth-order valence-corrected chi connectivity index (χ4v) is 6.48. The van der Waals surface area contributed by atoms with E-state index >= 15 is 0 Å². The third-order valence-electron chi connectivity index (χ3n) is 6.60. The number of carbonyl (C=O) groups is 1. The van der Waals surface area contributed by atoms with Crippen LogP contribution in [0.5, 0.6) is 5.19 Å². The topological polar surface area (TPSA) is 67.4 Å². The van der Waals surface area contributed by atoms with Crippen LogP contribution < -0.4 is 10.1 Å². The number of nitrogens with zero attached hydrogens (tertiary/aromatic N) is 3. The number of nitrogens with one attached hydrogen (secondary N) is 1. The summed E-state index contributed by atoms with van der Waals surface area (Å²) in [4.78, 5) is 25.7. The molecule has 1 N–H and O–H groups in total. The number of amides is 1. The molecule has 2 aromatic heterocycles. The average Bonchev–Trinajstić information content (AvgIpc) is 3.32. The van der Waals surface area contributed by atoms with Gasteiger partial charge in [0.15, 0.2) is 6.61 Å². The van der Waals surface area contributed by atoms with Gasteiger partial charge in [-0.3, -0.25) is 4.79 Å². The van der Waals surface area contributed by atoms with Crippen molar-refractivity contribution in [2.75, 3.05) is 26.2 Å². The maximum absolute atomic E-state index is 13.0. The summed E-state index contributed by atoms with van der Waals surface area (Å²) in [6.45, 7) is 5.19. The van der Waals surface area contributed by atoms with Crippen molar-refractivity contribution in [3.8, 4) is 5.19 Å². The lowest BCUT2D eigenvalue weighted by Crippen LogP contribution is -2.38. The van der Waals surface area contributed by atoms with Crippen molar-refractivity contribution in [1.29, 1.82) is 0 Å². The highest BCUT2D eigenvalue weighted by atomic mass is 32.1. The summed E-state index contributed by atoms with van der Waals surface area (Å²) in [5.41, 5.74) is 1.01. The van der Waals surface area contributed by atoms with Gasteiger partial charge in [-0.05, 0) is 57.9 Å². The Balaban J connectivity index is 1.13. The van der Waals surface area contributed by atoms with E-state index in [1.54, 1.807) is 17.5 Å². The summed E-state index contributed by atoms with van der Waals surface area (Å²) in [6.07, 6.45) is 9.59. The Morgan fingerprint density at radius 3 is 2.71 bits per heavy atom. The van der Waals surface area contributed by atoms with Crippen molar-refractivity contribution < 1.29 is 18.3 Å². The van der Waals surface area contributed by atoms with Gasteiger partial charge in [0, 0.05) is 48.4 Å². The first-order valence-corrected chi connectivity index (χ1v) is 13.8. The quantitative estimate of drug-likeness (QED) is 0.530. The lowest BCUT2D eigenvalue weighted by Gasteiger charge is -2.30. The molecule has 2 aromatic rings. The van der Waals surface area contributed by atoms with E-state index < -0.39 is 12.5 Å². The molecular formula is C24H34F2N4O2S2. The SMILES string of the molecule is Cc1ncc(CC(=O)NC2CCC(CCN3CCc4nc(OCC(C)(F)F)sc4CC3)CC2)s1. The largest absolute Gasteiger partial charge is 0.464 e. The smallest absolute Gasteiger partial charge is 0.278 e. The van der Waals surface area contributed by atoms with Gasteiger partial charge in [-0.25, -0.2) is 18.7 Å². The first-order valence-electron chi connectivity index (χ1n) is 12.2. The lowest BCUT2D eigenvalue weighted by molar-refractivity contribution is -0.121. The van der Waals surface area contributed by atoms with Crippen molar-refractivity contribution in [3.05, 3.63) is 26.7 Å². The van der Waals surface area contributed by atoms with Crippen LogP contribution in [0, 0.1) is 12.8 Å². The number of hydrogen-bond donors (Lipinski definition) is 1. The summed E-state index contributed by atoms with van der Waals surface area (Å²) in [6, 6.07) is 0.294. The highest BCUT2D eigenvalue weighted by molar-refractivity contribution is 7.13. The summed E-state index contributed by atoms with van der Waals surface area (Å²) in [7, 11) is 0. The molecule has 0 radical (unpaired) electrons. The van der Waals surface area contributed by atoms with Gasteiger partial charge in [0.05, 0.1) is 17.1 Å². The fourth-order valence-electron chi connectivity index (χ4n) is 4.74. The summed E-state index contributed by atoms with van der Waals surface area (Å²) in [5.74, 6) is -2.02. The first-order chi connectivity index (χ1) is 16.2. The molecule has 188 valence electrons. The molecule has 1 aliphatic carbocycles. The monoisotopic (exact) mass is 512 g/mol. The minimum absolute atomic E-state index is 0.106. The molecule has 0 bridgehead atoms. The number of thiazole rings is 2. The first kappa shape index (κ1) is 25.4. The zero-order chi connectivity index (χ0) is 24.1. The van der Waals surface area contributed by atoms with E-state index in [1.807, 2.05) is 6.92 Å². The number of alkyl halides is 2. The number of carbonyl (C=O) groups excluding carboxylic acids is 1. The van der Waals surface area contributed by atoms with Gasteiger partial charge in [-0.2, -0.15) is 0 Å². The fraction of sp³-hybridized carbons (Fsp3) is 0.708. The predicted octanol–water partition coefficient (Wildman–Crippen LogP) is 4.65. The third-order valence-corrected chi connectivity index (χ3v) is 8.58. The van der Waals surface area contributed by atoms with Crippen LogP contribution in [0.3, 0.4) is 0 Å². The molecule has 10 heteroatoms. The van der Waals surface area contributed by atoms with Crippen LogP contribution in [-0.2, 0) is 24.1 Å². The molecule has 4 rings (SSSR count). The second-order valence-corrected chi connectivity index (χ2v) is 12.0. The lowest BCUT2D eigenvalue weighted by atomic mass is 9.84. The Morgan fingerprint density at radius 1 is 1.24 bits per heavy atom. The van der Waals surface area contributed by atoms with Crippen LogP contribution in [0.25, 0.3) is 0 Å². The van der Waals surface area contributed by atoms with E-state index in [-0.39, 0.29) is 5.91 Å². The molecule has 0 unspecified atom stereocenters. The Morgan fingerprint density at radius 2 is 2.00 bits per heavy atom. The van der Waals surface area contributed by atoms with E-state index in [0.717, 1.165) is 80.7 Å². The van der Waals surface area contributed by atoms with E-state index in [4.69, 9.17) is 4.74 Å². The summed E-state index contributed by atoms with van der Waals surface area (Å²) in [5, 5.41) is 4.58. The molecule has 0 spiro atoms. The van der Waals surface area contributed by atoms with Gasteiger partial charge in [0.1, 0.15) is 0 Å². The molecule has 1 fully saturated rings. The average molecular weight is 513 g/mol. The molecule has 2 aliphatic rings. The van der Waals surface area contributed by atoms with Crippen LogP contribution in [0.1, 0.15) is 59.5 Å². The number of hydrogen-bond acceptors (Lipinski definition) is 7. The minimum atomic E-state index is -2.84. The summed E-state index contributed by atoms with van der Waals surface area (Å²) >= 11 is 3.00. The number of fused-ring (bicyclic) bond motifs is 1. The van der Waals surface area contributed by atoms with Gasteiger partial charge in [-0.1, -0.05) is 11.3 Å². The van der Waals surface area contributed by atoms with E-state index in [0.29, 0.717) is 23.6 Å².